The molecule has 2 aromatic carbocycles. The van der Waals surface area contributed by atoms with Crippen molar-refractivity contribution in [3.05, 3.63) is 47.7 Å². The zero-order valence-corrected chi connectivity index (χ0v) is 12.8. The van der Waals surface area contributed by atoms with Gasteiger partial charge < -0.3 is 14.5 Å². The Labute approximate surface area is 128 Å². The Kier molecular flexibility index (Phi) is 3.59. The first-order valence-electron chi connectivity index (χ1n) is 6.99. The van der Waals surface area contributed by atoms with Gasteiger partial charge in [-0.3, -0.25) is 4.79 Å². The molecule has 3 aromatic rings. The van der Waals surface area contributed by atoms with E-state index in [9.17, 15) is 4.79 Å². The van der Waals surface area contributed by atoms with E-state index in [1.807, 2.05) is 37.3 Å². The maximum Gasteiger partial charge on any atom is 0.155 e. The lowest BCUT2D eigenvalue weighted by molar-refractivity contribution is 0.112. The zero-order chi connectivity index (χ0) is 15.7. The summed E-state index contributed by atoms with van der Waals surface area (Å²) < 4.78 is 10.8. The van der Waals surface area contributed by atoms with Crippen LogP contribution in [-0.2, 0) is 0 Å². The number of methoxy groups -OCH3 is 2. The molecule has 1 aromatic heterocycles. The molecule has 1 heterocycles. The molecule has 112 valence electrons. The quantitative estimate of drug-likeness (QED) is 0.741. The molecule has 0 aliphatic carbocycles. The number of aromatic nitrogens is 1. The van der Waals surface area contributed by atoms with E-state index < -0.39 is 0 Å². The van der Waals surface area contributed by atoms with Gasteiger partial charge in [-0.25, -0.2) is 0 Å². The summed E-state index contributed by atoms with van der Waals surface area (Å²) in [6, 6.07) is 11.8. The van der Waals surface area contributed by atoms with Gasteiger partial charge in [-0.05, 0) is 12.5 Å². The number of aldehydes is 1. The van der Waals surface area contributed by atoms with Crippen LogP contribution in [0.4, 0.5) is 0 Å². The number of fused-ring (bicyclic) bond motifs is 1. The first kappa shape index (κ1) is 14.2. The highest BCUT2D eigenvalue weighted by Gasteiger charge is 2.20. The number of H-pyrrole nitrogens is 1. The Morgan fingerprint density at radius 1 is 1.05 bits per heavy atom. The summed E-state index contributed by atoms with van der Waals surface area (Å²) >= 11 is 0. The van der Waals surface area contributed by atoms with Crippen molar-refractivity contribution in [1.29, 1.82) is 0 Å². The van der Waals surface area contributed by atoms with Gasteiger partial charge in [-0.1, -0.05) is 30.3 Å². The summed E-state index contributed by atoms with van der Waals surface area (Å²) in [5.74, 6) is 1.18. The fraction of sp³-hybridized carbons (Fsp3) is 0.167. The van der Waals surface area contributed by atoms with E-state index in [1.165, 1.54) is 0 Å². The summed E-state index contributed by atoms with van der Waals surface area (Å²) in [6.07, 6.45) is 0.811. The van der Waals surface area contributed by atoms with Crippen molar-refractivity contribution < 1.29 is 14.3 Å². The molecule has 0 saturated carbocycles. The summed E-state index contributed by atoms with van der Waals surface area (Å²) in [5, 5.41) is 0.897. The standard InChI is InChI=1S/C18H17NO3/c1-11-16(12-7-5-4-6-8-12)17-15(22-3)9-14(21-2)13(10-20)18(17)19-11/h4-10,19H,1-3H3. The smallest absolute Gasteiger partial charge is 0.155 e. The van der Waals surface area contributed by atoms with Crippen molar-refractivity contribution in [2.75, 3.05) is 14.2 Å². The number of carbonyl (C=O) groups excluding carboxylic acids is 1. The second kappa shape index (κ2) is 5.56. The third-order valence-corrected chi connectivity index (χ3v) is 3.85. The first-order chi connectivity index (χ1) is 10.7. The second-order valence-electron chi connectivity index (χ2n) is 5.05. The minimum Gasteiger partial charge on any atom is -0.496 e. The lowest BCUT2D eigenvalue weighted by Crippen LogP contribution is -1.95. The van der Waals surface area contributed by atoms with Crippen molar-refractivity contribution >= 4 is 17.2 Å². The third-order valence-electron chi connectivity index (χ3n) is 3.85. The van der Waals surface area contributed by atoms with E-state index in [1.54, 1.807) is 20.3 Å². The molecule has 22 heavy (non-hydrogen) atoms. The van der Waals surface area contributed by atoms with Crippen LogP contribution in [0.15, 0.2) is 36.4 Å². The minimum absolute atomic E-state index is 0.500. The Morgan fingerprint density at radius 2 is 1.73 bits per heavy atom. The predicted molar refractivity (Wildman–Crippen MR) is 87.0 cm³/mol. The van der Waals surface area contributed by atoms with Crippen LogP contribution >= 0.6 is 0 Å². The second-order valence-corrected chi connectivity index (χ2v) is 5.05. The van der Waals surface area contributed by atoms with Gasteiger partial charge in [0.05, 0.1) is 30.7 Å². The molecule has 1 N–H and O–H groups in total. The first-order valence-corrected chi connectivity index (χ1v) is 6.99. The van der Waals surface area contributed by atoms with Gasteiger partial charge in [0, 0.05) is 17.3 Å². The number of aryl methyl sites for hydroxylation is 1. The van der Waals surface area contributed by atoms with Crippen LogP contribution in [0.1, 0.15) is 16.1 Å². The fourth-order valence-electron chi connectivity index (χ4n) is 2.88. The maximum atomic E-state index is 11.5. The SMILES string of the molecule is COc1cc(OC)c2c(-c3ccccc3)c(C)[nH]c2c1C=O. The predicted octanol–water partition coefficient (Wildman–Crippen LogP) is 3.97. The molecule has 0 saturated heterocycles. The topological polar surface area (TPSA) is 51.3 Å². The van der Waals surface area contributed by atoms with E-state index in [0.717, 1.165) is 34.0 Å². The van der Waals surface area contributed by atoms with E-state index >= 15 is 0 Å². The van der Waals surface area contributed by atoms with Gasteiger partial charge in [0.2, 0.25) is 0 Å². The third kappa shape index (κ3) is 2.04. The van der Waals surface area contributed by atoms with Crippen LogP contribution in [0.2, 0.25) is 0 Å². The zero-order valence-electron chi connectivity index (χ0n) is 12.8. The molecule has 0 bridgehead atoms. The summed E-state index contributed by atoms with van der Waals surface area (Å²) in [6.45, 7) is 1.99. The van der Waals surface area contributed by atoms with E-state index in [2.05, 4.69) is 4.98 Å². The number of aromatic amines is 1. The van der Waals surface area contributed by atoms with Gasteiger partial charge in [0.1, 0.15) is 11.5 Å². The van der Waals surface area contributed by atoms with E-state index in [4.69, 9.17) is 9.47 Å². The molecule has 0 aliphatic rings. The number of carbonyl (C=O) groups is 1. The summed E-state index contributed by atoms with van der Waals surface area (Å²) in [4.78, 5) is 14.8. The Morgan fingerprint density at radius 3 is 2.32 bits per heavy atom. The fourth-order valence-corrected chi connectivity index (χ4v) is 2.88. The van der Waals surface area contributed by atoms with Gasteiger partial charge in [0.15, 0.2) is 6.29 Å². The molecule has 0 unspecified atom stereocenters. The van der Waals surface area contributed by atoms with Gasteiger partial charge in [-0.15, -0.1) is 0 Å². The van der Waals surface area contributed by atoms with Crippen molar-refractivity contribution in [2.24, 2.45) is 0 Å². The maximum absolute atomic E-state index is 11.5. The molecule has 4 nitrogen and oxygen atoms in total. The monoisotopic (exact) mass is 295 g/mol. The lowest BCUT2D eigenvalue weighted by atomic mass is 10.00. The highest BCUT2D eigenvalue weighted by molar-refractivity contribution is 6.09. The van der Waals surface area contributed by atoms with Crippen LogP contribution in [0.3, 0.4) is 0 Å². The number of benzene rings is 2. The van der Waals surface area contributed by atoms with Crippen LogP contribution in [-0.4, -0.2) is 25.5 Å². The van der Waals surface area contributed by atoms with Crippen molar-refractivity contribution in [3.63, 3.8) is 0 Å². The molecule has 4 heteroatoms. The molecule has 0 atom stereocenters. The Hall–Kier alpha value is -2.75. The molecule has 0 amide bonds. The van der Waals surface area contributed by atoms with Crippen LogP contribution in [0.5, 0.6) is 11.5 Å². The van der Waals surface area contributed by atoms with E-state index in [0.29, 0.717) is 17.1 Å². The number of rotatable bonds is 4. The summed E-state index contributed by atoms with van der Waals surface area (Å²) in [7, 11) is 3.16. The molecule has 0 spiro atoms. The van der Waals surface area contributed by atoms with E-state index in [-0.39, 0.29) is 0 Å². The Bertz CT molecular complexity index is 835. The summed E-state index contributed by atoms with van der Waals surface area (Å²) in [5.41, 5.74) is 4.34. The van der Waals surface area contributed by atoms with Crippen molar-refractivity contribution in [1.82, 2.24) is 4.98 Å². The average Bonchev–Trinajstić information content (AvgIpc) is 2.90. The molecule has 0 fully saturated rings. The normalized spacial score (nSPS) is 10.7. The van der Waals surface area contributed by atoms with Crippen molar-refractivity contribution in [2.45, 2.75) is 6.92 Å². The highest BCUT2D eigenvalue weighted by atomic mass is 16.5. The number of hydrogen-bond donors (Lipinski definition) is 1. The van der Waals surface area contributed by atoms with Crippen LogP contribution in [0.25, 0.3) is 22.0 Å². The van der Waals surface area contributed by atoms with Crippen molar-refractivity contribution in [3.8, 4) is 22.6 Å². The van der Waals surface area contributed by atoms with Gasteiger partial charge in [-0.2, -0.15) is 0 Å². The number of hydrogen-bond acceptors (Lipinski definition) is 3. The largest absolute Gasteiger partial charge is 0.496 e. The minimum atomic E-state index is 0.500. The van der Waals surface area contributed by atoms with Gasteiger partial charge >= 0.3 is 0 Å². The van der Waals surface area contributed by atoms with Gasteiger partial charge in [0.25, 0.3) is 0 Å². The van der Waals surface area contributed by atoms with Crippen LogP contribution in [0, 0.1) is 6.92 Å². The number of nitrogens with one attached hydrogen (secondary N) is 1. The average molecular weight is 295 g/mol. The molecule has 0 radical (unpaired) electrons. The number of ether oxygens (including phenoxy) is 2. The lowest BCUT2D eigenvalue weighted by Gasteiger charge is -2.10. The molecule has 0 aliphatic heterocycles. The van der Waals surface area contributed by atoms with Crippen LogP contribution < -0.4 is 9.47 Å². The Balaban J connectivity index is 2.45. The molecular formula is C18H17NO3. The highest BCUT2D eigenvalue weighted by Crippen LogP contribution is 2.42. The molecule has 3 rings (SSSR count). The molecular weight excluding hydrogens is 278 g/mol.